The molecule has 17 heavy (non-hydrogen) atoms. The van der Waals surface area contributed by atoms with E-state index in [2.05, 4.69) is 15.3 Å². The molecule has 0 fully saturated rings. The normalized spacial score (nSPS) is 10.2. The largest absolute Gasteiger partial charge is 0.481 e. The van der Waals surface area contributed by atoms with Gasteiger partial charge < -0.3 is 19.5 Å². The Labute approximate surface area is 101 Å². The molecule has 0 aliphatic carbocycles. The van der Waals surface area contributed by atoms with Gasteiger partial charge in [0.2, 0.25) is 5.88 Å². The maximum Gasteiger partial charge on any atom is 0.218 e. The van der Waals surface area contributed by atoms with E-state index >= 15 is 0 Å². The molecular weight excluding hydrogens is 222 g/mol. The average Bonchev–Trinajstić information content (AvgIpc) is 2.38. The molecule has 6 heteroatoms. The molecule has 0 radical (unpaired) electrons. The topological polar surface area (TPSA) is 65.5 Å². The molecule has 0 amide bonds. The highest BCUT2D eigenvalue weighted by Gasteiger charge is 1.97. The van der Waals surface area contributed by atoms with Crippen LogP contribution < -0.4 is 10.1 Å². The van der Waals surface area contributed by atoms with Crippen molar-refractivity contribution in [3.63, 3.8) is 0 Å². The number of hydrogen-bond donors (Lipinski definition) is 1. The minimum Gasteiger partial charge on any atom is -0.481 e. The molecule has 1 rings (SSSR count). The monoisotopic (exact) mass is 241 g/mol. The summed E-state index contributed by atoms with van der Waals surface area (Å²) in [5.74, 6) is 1.31. The van der Waals surface area contributed by atoms with Crippen LogP contribution in [0, 0.1) is 0 Å². The molecule has 0 bridgehead atoms. The van der Waals surface area contributed by atoms with Crippen molar-refractivity contribution in [2.45, 2.75) is 6.42 Å². The lowest BCUT2D eigenvalue weighted by molar-refractivity contribution is 0.0705. The number of nitrogens with one attached hydrogen (secondary N) is 1. The molecule has 0 saturated carbocycles. The van der Waals surface area contributed by atoms with Gasteiger partial charge in [-0.3, -0.25) is 0 Å². The summed E-state index contributed by atoms with van der Waals surface area (Å²) in [5, 5.41) is 3.17. The summed E-state index contributed by atoms with van der Waals surface area (Å²) in [6.45, 7) is 2.78. The van der Waals surface area contributed by atoms with Gasteiger partial charge in [-0.15, -0.1) is 0 Å². The first-order chi connectivity index (χ1) is 8.36. The second kappa shape index (κ2) is 8.72. The Morgan fingerprint density at radius 2 is 2.06 bits per heavy atom. The lowest BCUT2D eigenvalue weighted by atomic mass is 10.4. The molecule has 1 aromatic rings. The molecule has 1 N–H and O–H groups in total. The van der Waals surface area contributed by atoms with Crippen molar-refractivity contribution < 1.29 is 14.2 Å². The zero-order valence-corrected chi connectivity index (χ0v) is 10.3. The Balaban J connectivity index is 2.09. The van der Waals surface area contributed by atoms with Gasteiger partial charge in [0.25, 0.3) is 0 Å². The fourth-order valence-corrected chi connectivity index (χ4v) is 1.18. The highest BCUT2D eigenvalue weighted by Crippen LogP contribution is 2.09. The summed E-state index contributed by atoms with van der Waals surface area (Å²) in [5.41, 5.74) is 0. The van der Waals surface area contributed by atoms with E-state index in [0.717, 1.165) is 18.8 Å². The van der Waals surface area contributed by atoms with Crippen molar-refractivity contribution in [3.05, 3.63) is 12.4 Å². The Bertz CT molecular complexity index is 310. The van der Waals surface area contributed by atoms with Crippen LogP contribution in [-0.4, -0.2) is 50.6 Å². The van der Waals surface area contributed by atoms with Crippen LogP contribution in [0.5, 0.6) is 5.88 Å². The standard InChI is InChI=1S/C11H19N3O3/c1-15-6-7-17-5-3-4-12-10-8-11(16-2)14-9-13-10/h8-9H,3-7H2,1-2H3,(H,12,13,14). The number of hydrogen-bond acceptors (Lipinski definition) is 6. The van der Waals surface area contributed by atoms with E-state index in [1.165, 1.54) is 6.33 Å². The van der Waals surface area contributed by atoms with E-state index in [9.17, 15) is 0 Å². The molecule has 1 heterocycles. The van der Waals surface area contributed by atoms with Gasteiger partial charge in [-0.1, -0.05) is 0 Å². The van der Waals surface area contributed by atoms with E-state index < -0.39 is 0 Å². The lowest BCUT2D eigenvalue weighted by Gasteiger charge is -2.06. The molecule has 1 aromatic heterocycles. The van der Waals surface area contributed by atoms with Crippen molar-refractivity contribution in [3.8, 4) is 5.88 Å². The van der Waals surface area contributed by atoms with Gasteiger partial charge >= 0.3 is 0 Å². The van der Waals surface area contributed by atoms with E-state index in [4.69, 9.17) is 14.2 Å². The van der Waals surface area contributed by atoms with Gasteiger partial charge in [0.1, 0.15) is 12.1 Å². The van der Waals surface area contributed by atoms with Gasteiger partial charge in [0.15, 0.2) is 0 Å². The summed E-state index contributed by atoms with van der Waals surface area (Å²) in [7, 11) is 3.24. The second-order valence-corrected chi connectivity index (χ2v) is 3.33. The summed E-state index contributed by atoms with van der Waals surface area (Å²) >= 11 is 0. The van der Waals surface area contributed by atoms with Crippen molar-refractivity contribution in [2.24, 2.45) is 0 Å². The molecule has 96 valence electrons. The van der Waals surface area contributed by atoms with E-state index in [-0.39, 0.29) is 0 Å². The lowest BCUT2D eigenvalue weighted by Crippen LogP contribution is -2.09. The van der Waals surface area contributed by atoms with E-state index in [0.29, 0.717) is 25.7 Å². The molecule has 6 nitrogen and oxygen atoms in total. The smallest absolute Gasteiger partial charge is 0.218 e. The first kappa shape index (κ1) is 13.7. The minimum atomic E-state index is 0.554. The molecule has 0 saturated heterocycles. The third kappa shape index (κ3) is 6.03. The third-order valence-corrected chi connectivity index (χ3v) is 2.05. The Morgan fingerprint density at radius 3 is 2.82 bits per heavy atom. The molecule has 0 aromatic carbocycles. The molecule has 0 aliphatic rings. The van der Waals surface area contributed by atoms with E-state index in [1.54, 1.807) is 20.3 Å². The first-order valence-electron chi connectivity index (χ1n) is 5.53. The number of rotatable bonds is 9. The van der Waals surface area contributed by atoms with Crippen LogP contribution in [0.3, 0.4) is 0 Å². The van der Waals surface area contributed by atoms with Crippen LogP contribution in [-0.2, 0) is 9.47 Å². The number of methoxy groups -OCH3 is 2. The van der Waals surface area contributed by atoms with Gasteiger partial charge in [-0.05, 0) is 6.42 Å². The van der Waals surface area contributed by atoms with Gasteiger partial charge in [0.05, 0.1) is 20.3 Å². The van der Waals surface area contributed by atoms with Crippen LogP contribution >= 0.6 is 0 Å². The third-order valence-electron chi connectivity index (χ3n) is 2.05. The molecule has 0 unspecified atom stereocenters. The van der Waals surface area contributed by atoms with Crippen LogP contribution in [0.15, 0.2) is 12.4 Å². The predicted octanol–water partition coefficient (Wildman–Crippen LogP) is 0.950. The SMILES string of the molecule is COCCOCCCNc1cc(OC)ncn1. The van der Waals surface area contributed by atoms with Crippen molar-refractivity contribution in [1.82, 2.24) is 9.97 Å². The van der Waals surface area contributed by atoms with Gasteiger partial charge in [0, 0.05) is 26.3 Å². The second-order valence-electron chi connectivity index (χ2n) is 3.33. The summed E-state index contributed by atoms with van der Waals surface area (Å²) in [6.07, 6.45) is 2.38. The summed E-state index contributed by atoms with van der Waals surface area (Å²) in [4.78, 5) is 8.00. The summed E-state index contributed by atoms with van der Waals surface area (Å²) in [6, 6.07) is 1.76. The van der Waals surface area contributed by atoms with Crippen molar-refractivity contribution in [2.75, 3.05) is 45.9 Å². The number of nitrogens with zero attached hydrogens (tertiary/aromatic N) is 2. The van der Waals surface area contributed by atoms with E-state index in [1.807, 2.05) is 0 Å². The fraction of sp³-hybridized carbons (Fsp3) is 0.636. The quantitative estimate of drug-likeness (QED) is 0.649. The minimum absolute atomic E-state index is 0.554. The van der Waals surface area contributed by atoms with Crippen molar-refractivity contribution in [1.29, 1.82) is 0 Å². The molecule has 0 spiro atoms. The van der Waals surface area contributed by atoms with Gasteiger partial charge in [-0.2, -0.15) is 0 Å². The average molecular weight is 241 g/mol. The number of anilines is 1. The zero-order chi connectivity index (χ0) is 12.3. The predicted molar refractivity (Wildman–Crippen MR) is 64.4 cm³/mol. The zero-order valence-electron chi connectivity index (χ0n) is 10.3. The Morgan fingerprint density at radius 1 is 1.18 bits per heavy atom. The molecule has 0 atom stereocenters. The maximum atomic E-state index is 5.33. The van der Waals surface area contributed by atoms with Crippen LogP contribution in [0.1, 0.15) is 6.42 Å². The first-order valence-corrected chi connectivity index (χ1v) is 5.53. The van der Waals surface area contributed by atoms with Crippen LogP contribution in [0.4, 0.5) is 5.82 Å². The Kier molecular flexibility index (Phi) is 7.01. The number of ether oxygens (including phenoxy) is 3. The molecular formula is C11H19N3O3. The highest BCUT2D eigenvalue weighted by molar-refractivity contribution is 5.36. The Hall–Kier alpha value is -1.40. The van der Waals surface area contributed by atoms with Crippen molar-refractivity contribution >= 4 is 5.82 Å². The fourth-order valence-electron chi connectivity index (χ4n) is 1.18. The summed E-state index contributed by atoms with van der Waals surface area (Å²) < 4.78 is 15.2. The van der Waals surface area contributed by atoms with Crippen LogP contribution in [0.2, 0.25) is 0 Å². The highest BCUT2D eigenvalue weighted by atomic mass is 16.5. The van der Waals surface area contributed by atoms with Crippen LogP contribution in [0.25, 0.3) is 0 Å². The van der Waals surface area contributed by atoms with Gasteiger partial charge in [-0.25, -0.2) is 9.97 Å². The number of aromatic nitrogens is 2. The molecule has 0 aliphatic heterocycles. The maximum absolute atomic E-state index is 5.33.